The second kappa shape index (κ2) is 5.09. The first-order chi connectivity index (χ1) is 8.20. The summed E-state index contributed by atoms with van der Waals surface area (Å²) in [6.07, 6.45) is -4.13. The van der Waals surface area contributed by atoms with Crippen LogP contribution in [0.2, 0.25) is 0 Å². The normalized spacial score (nSPS) is 15.3. The number of rotatable bonds is 4. The molecule has 0 aliphatic rings. The molecule has 0 fully saturated rings. The average Bonchev–Trinajstić information content (AvgIpc) is 2.28. The molecule has 1 atom stereocenters. The fourth-order valence-electron chi connectivity index (χ4n) is 1.21. The van der Waals surface area contributed by atoms with Gasteiger partial charge in [0.25, 0.3) is 0 Å². The monoisotopic (exact) mass is 263 g/mol. The molecule has 2 N–H and O–H groups in total. The molecule has 18 heavy (non-hydrogen) atoms. The fraction of sp³-hybridized carbons (Fsp3) is 0.636. The highest BCUT2D eigenvalue weighted by atomic mass is 19.4. The van der Waals surface area contributed by atoms with Crippen molar-refractivity contribution in [1.29, 1.82) is 0 Å². The zero-order valence-electron chi connectivity index (χ0n) is 10.5. The smallest absolute Gasteiger partial charge is 0.433 e. The maximum atomic E-state index is 12.7. The van der Waals surface area contributed by atoms with Gasteiger partial charge in [0.05, 0.1) is 12.1 Å². The van der Waals surface area contributed by atoms with Crippen LogP contribution in [0.1, 0.15) is 38.7 Å². The summed E-state index contributed by atoms with van der Waals surface area (Å²) in [5.74, 6) is -0.178. The Labute approximate surface area is 103 Å². The number of nitrogens with two attached hydrogens (primary N) is 1. The SMILES string of the molecule is CCOc1cc(C(F)(F)F)nc(C(C)(N)CC)n1. The molecule has 1 rings (SSSR count). The molecule has 4 nitrogen and oxygen atoms in total. The number of ether oxygens (including phenoxy) is 1. The van der Waals surface area contributed by atoms with Gasteiger partial charge in [0, 0.05) is 6.07 Å². The van der Waals surface area contributed by atoms with Gasteiger partial charge in [-0.3, -0.25) is 0 Å². The van der Waals surface area contributed by atoms with Crippen molar-refractivity contribution in [1.82, 2.24) is 9.97 Å². The van der Waals surface area contributed by atoms with Crippen LogP contribution in [0, 0.1) is 0 Å². The molecule has 0 radical (unpaired) electrons. The lowest BCUT2D eigenvalue weighted by atomic mass is 9.99. The Balaban J connectivity index is 3.31. The molecule has 0 aliphatic heterocycles. The molecule has 102 valence electrons. The Bertz CT molecular complexity index is 418. The molecule has 0 bridgehead atoms. The standard InChI is InChI=1S/C11H16F3N3O/c1-4-10(3,15)9-16-7(11(12,13)14)6-8(17-9)18-5-2/h6H,4-5,15H2,1-3H3. The summed E-state index contributed by atoms with van der Waals surface area (Å²) in [6.45, 7) is 5.22. The highest BCUT2D eigenvalue weighted by Gasteiger charge is 2.35. The second-order valence-corrected chi connectivity index (χ2v) is 4.12. The van der Waals surface area contributed by atoms with Crippen LogP contribution in [0.5, 0.6) is 5.88 Å². The molecule has 1 aromatic heterocycles. The van der Waals surface area contributed by atoms with E-state index in [0.717, 1.165) is 6.07 Å². The number of hydrogen-bond acceptors (Lipinski definition) is 4. The summed E-state index contributed by atoms with van der Waals surface area (Å²) >= 11 is 0. The molecule has 0 aliphatic carbocycles. The molecule has 7 heteroatoms. The van der Waals surface area contributed by atoms with Gasteiger partial charge in [0.1, 0.15) is 0 Å². The van der Waals surface area contributed by atoms with Crippen LogP contribution in [0.4, 0.5) is 13.2 Å². The van der Waals surface area contributed by atoms with E-state index in [4.69, 9.17) is 10.5 Å². The molecular weight excluding hydrogens is 247 g/mol. The number of nitrogens with zero attached hydrogens (tertiary/aromatic N) is 2. The van der Waals surface area contributed by atoms with Gasteiger partial charge in [-0.2, -0.15) is 18.2 Å². The van der Waals surface area contributed by atoms with E-state index in [-0.39, 0.29) is 18.3 Å². The molecule has 1 aromatic rings. The Morgan fingerprint density at radius 1 is 1.28 bits per heavy atom. The summed E-state index contributed by atoms with van der Waals surface area (Å²) in [6, 6.07) is 0.777. The third kappa shape index (κ3) is 3.32. The van der Waals surface area contributed by atoms with Crippen LogP contribution in [-0.4, -0.2) is 16.6 Å². The van der Waals surface area contributed by atoms with Crippen LogP contribution in [0.15, 0.2) is 6.07 Å². The molecule has 0 saturated heterocycles. The van der Waals surface area contributed by atoms with Gasteiger partial charge >= 0.3 is 6.18 Å². The number of halogens is 3. The first-order valence-corrected chi connectivity index (χ1v) is 5.59. The lowest BCUT2D eigenvalue weighted by molar-refractivity contribution is -0.141. The van der Waals surface area contributed by atoms with Gasteiger partial charge in [0.2, 0.25) is 5.88 Å². The van der Waals surface area contributed by atoms with Gasteiger partial charge in [-0.15, -0.1) is 0 Å². The minimum atomic E-state index is -4.55. The average molecular weight is 263 g/mol. The lowest BCUT2D eigenvalue weighted by Crippen LogP contribution is -2.35. The molecule has 0 amide bonds. The second-order valence-electron chi connectivity index (χ2n) is 4.12. The van der Waals surface area contributed by atoms with Crippen molar-refractivity contribution in [3.63, 3.8) is 0 Å². The zero-order chi connectivity index (χ0) is 14.0. The van der Waals surface area contributed by atoms with Crippen molar-refractivity contribution in [3.05, 3.63) is 17.6 Å². The lowest BCUT2D eigenvalue weighted by Gasteiger charge is -2.22. The van der Waals surface area contributed by atoms with Gasteiger partial charge in [-0.1, -0.05) is 6.92 Å². The van der Waals surface area contributed by atoms with E-state index in [1.54, 1.807) is 20.8 Å². The zero-order valence-corrected chi connectivity index (χ0v) is 10.5. The van der Waals surface area contributed by atoms with Crippen molar-refractivity contribution in [2.24, 2.45) is 5.73 Å². The topological polar surface area (TPSA) is 61.0 Å². The quantitative estimate of drug-likeness (QED) is 0.906. The summed E-state index contributed by atoms with van der Waals surface area (Å²) in [7, 11) is 0. The third-order valence-electron chi connectivity index (χ3n) is 2.53. The first kappa shape index (κ1) is 14.7. The summed E-state index contributed by atoms with van der Waals surface area (Å²) in [5, 5.41) is 0. The van der Waals surface area contributed by atoms with Gasteiger partial charge in [-0.05, 0) is 20.3 Å². The minimum absolute atomic E-state index is 0.0664. The maximum Gasteiger partial charge on any atom is 0.433 e. The molecule has 1 heterocycles. The van der Waals surface area contributed by atoms with Crippen LogP contribution >= 0.6 is 0 Å². The largest absolute Gasteiger partial charge is 0.478 e. The highest BCUT2D eigenvalue weighted by molar-refractivity contribution is 5.21. The Hall–Kier alpha value is -1.37. The number of aromatic nitrogens is 2. The maximum absolute atomic E-state index is 12.7. The predicted molar refractivity (Wildman–Crippen MR) is 60.0 cm³/mol. The van der Waals surface area contributed by atoms with Gasteiger partial charge in [0.15, 0.2) is 11.5 Å². The third-order valence-corrected chi connectivity index (χ3v) is 2.53. The van der Waals surface area contributed by atoms with Crippen LogP contribution in [0.25, 0.3) is 0 Å². The van der Waals surface area contributed by atoms with Crippen molar-refractivity contribution in [2.75, 3.05) is 6.61 Å². The minimum Gasteiger partial charge on any atom is -0.478 e. The molecule has 0 saturated carbocycles. The Morgan fingerprint density at radius 3 is 2.33 bits per heavy atom. The molecular formula is C11H16F3N3O. The summed E-state index contributed by atoms with van der Waals surface area (Å²) in [4.78, 5) is 7.41. The van der Waals surface area contributed by atoms with Crippen LogP contribution in [-0.2, 0) is 11.7 Å². The van der Waals surface area contributed by atoms with Crippen LogP contribution in [0.3, 0.4) is 0 Å². The van der Waals surface area contributed by atoms with Crippen molar-refractivity contribution in [3.8, 4) is 5.88 Å². The first-order valence-electron chi connectivity index (χ1n) is 5.59. The number of hydrogen-bond donors (Lipinski definition) is 1. The van der Waals surface area contributed by atoms with Crippen molar-refractivity contribution < 1.29 is 17.9 Å². The van der Waals surface area contributed by atoms with E-state index in [2.05, 4.69) is 9.97 Å². The number of alkyl halides is 3. The van der Waals surface area contributed by atoms with E-state index in [9.17, 15) is 13.2 Å². The van der Waals surface area contributed by atoms with E-state index in [1.165, 1.54) is 0 Å². The molecule has 1 unspecified atom stereocenters. The Morgan fingerprint density at radius 2 is 1.89 bits per heavy atom. The predicted octanol–water partition coefficient (Wildman–Crippen LogP) is 2.48. The van der Waals surface area contributed by atoms with E-state index >= 15 is 0 Å². The van der Waals surface area contributed by atoms with E-state index in [1.807, 2.05) is 0 Å². The Kier molecular flexibility index (Phi) is 4.16. The van der Waals surface area contributed by atoms with Crippen molar-refractivity contribution in [2.45, 2.75) is 38.9 Å². The van der Waals surface area contributed by atoms with Crippen LogP contribution < -0.4 is 10.5 Å². The summed E-state index contributed by atoms with van der Waals surface area (Å²) < 4.78 is 43.1. The fourth-order valence-corrected chi connectivity index (χ4v) is 1.21. The van der Waals surface area contributed by atoms with Gasteiger partial charge < -0.3 is 10.5 Å². The van der Waals surface area contributed by atoms with E-state index < -0.39 is 17.4 Å². The molecule has 0 spiro atoms. The van der Waals surface area contributed by atoms with Gasteiger partial charge in [-0.25, -0.2) is 4.98 Å². The highest BCUT2D eigenvalue weighted by Crippen LogP contribution is 2.31. The molecule has 0 aromatic carbocycles. The van der Waals surface area contributed by atoms with Crippen molar-refractivity contribution >= 4 is 0 Å². The van der Waals surface area contributed by atoms with E-state index in [0.29, 0.717) is 6.42 Å². The summed E-state index contributed by atoms with van der Waals surface area (Å²) in [5.41, 5.74) is 3.81.